The molecule has 0 saturated carbocycles. The Bertz CT molecular complexity index is 1030. The van der Waals surface area contributed by atoms with Gasteiger partial charge in [0.2, 0.25) is 0 Å². The number of hydrogen-bond acceptors (Lipinski definition) is 5. The first kappa shape index (κ1) is 18.8. The zero-order chi connectivity index (χ0) is 19.6. The standard InChI is InChI=1S/C19H17BrN4O3/c1-12-19(21-11-14-10-15(20)4-9-18(14)27-3)13(2)23(22-12)16-5-7-17(8-6-16)24(25)26/h4-11H,1-3H3. The zero-order valence-corrected chi connectivity index (χ0v) is 16.6. The van der Waals surface area contributed by atoms with Crippen LogP contribution in [0.4, 0.5) is 11.4 Å². The van der Waals surface area contributed by atoms with Gasteiger partial charge in [-0.25, -0.2) is 4.68 Å². The van der Waals surface area contributed by atoms with E-state index in [4.69, 9.17) is 4.74 Å². The fraction of sp³-hybridized carbons (Fsp3) is 0.158. The first-order valence-electron chi connectivity index (χ1n) is 8.09. The lowest BCUT2D eigenvalue weighted by atomic mass is 10.2. The van der Waals surface area contributed by atoms with E-state index in [1.807, 2.05) is 32.0 Å². The summed E-state index contributed by atoms with van der Waals surface area (Å²) < 4.78 is 8.02. The number of methoxy groups -OCH3 is 1. The van der Waals surface area contributed by atoms with E-state index < -0.39 is 4.92 Å². The van der Waals surface area contributed by atoms with Crippen LogP contribution >= 0.6 is 15.9 Å². The Labute approximate surface area is 164 Å². The Kier molecular flexibility index (Phi) is 5.36. The Balaban J connectivity index is 1.97. The molecule has 0 amide bonds. The lowest BCUT2D eigenvalue weighted by Crippen LogP contribution is -1.99. The lowest BCUT2D eigenvalue weighted by Gasteiger charge is -2.05. The average molecular weight is 429 g/mol. The molecular formula is C19H17BrN4O3. The molecule has 2 aromatic carbocycles. The highest BCUT2D eigenvalue weighted by Crippen LogP contribution is 2.28. The topological polar surface area (TPSA) is 82.5 Å². The van der Waals surface area contributed by atoms with Crippen molar-refractivity contribution in [2.24, 2.45) is 4.99 Å². The minimum absolute atomic E-state index is 0.0419. The number of benzene rings is 2. The molecule has 27 heavy (non-hydrogen) atoms. The molecule has 0 aliphatic heterocycles. The summed E-state index contributed by atoms with van der Waals surface area (Å²) in [6.07, 6.45) is 1.74. The Morgan fingerprint density at radius 2 is 1.93 bits per heavy atom. The molecule has 138 valence electrons. The van der Waals surface area contributed by atoms with Gasteiger partial charge in [-0.3, -0.25) is 15.1 Å². The first-order chi connectivity index (χ1) is 12.9. The molecule has 8 heteroatoms. The van der Waals surface area contributed by atoms with Gasteiger partial charge in [0.25, 0.3) is 5.69 Å². The number of aromatic nitrogens is 2. The van der Waals surface area contributed by atoms with Crippen LogP contribution in [0.5, 0.6) is 5.75 Å². The van der Waals surface area contributed by atoms with Crippen LogP contribution in [0.25, 0.3) is 5.69 Å². The highest BCUT2D eigenvalue weighted by Gasteiger charge is 2.13. The van der Waals surface area contributed by atoms with E-state index in [-0.39, 0.29) is 5.69 Å². The molecule has 0 atom stereocenters. The molecule has 0 saturated heterocycles. The molecule has 0 unspecified atom stereocenters. The number of nitrogens with zero attached hydrogens (tertiary/aromatic N) is 4. The van der Waals surface area contributed by atoms with Gasteiger partial charge in [-0.1, -0.05) is 15.9 Å². The number of aliphatic imine (C=N–C) groups is 1. The molecule has 3 aromatic rings. The second-order valence-corrected chi connectivity index (χ2v) is 6.76. The smallest absolute Gasteiger partial charge is 0.269 e. The zero-order valence-electron chi connectivity index (χ0n) is 15.0. The molecule has 1 aromatic heterocycles. The van der Waals surface area contributed by atoms with Crippen molar-refractivity contribution in [3.05, 3.63) is 74.0 Å². The molecule has 1 heterocycles. The third-order valence-electron chi connectivity index (χ3n) is 4.08. The quantitative estimate of drug-likeness (QED) is 0.328. The van der Waals surface area contributed by atoms with E-state index in [0.29, 0.717) is 0 Å². The van der Waals surface area contributed by atoms with E-state index in [2.05, 4.69) is 26.0 Å². The molecule has 3 rings (SSSR count). The van der Waals surface area contributed by atoms with E-state index in [9.17, 15) is 10.1 Å². The Morgan fingerprint density at radius 1 is 1.22 bits per heavy atom. The van der Waals surface area contributed by atoms with Crippen LogP contribution in [0.1, 0.15) is 17.0 Å². The summed E-state index contributed by atoms with van der Waals surface area (Å²) in [6.45, 7) is 3.78. The molecule has 0 spiro atoms. The number of non-ortho nitro benzene ring substituents is 1. The SMILES string of the molecule is COc1ccc(Br)cc1C=Nc1c(C)nn(-c2ccc([N+](=O)[O-])cc2)c1C. The van der Waals surface area contributed by atoms with Gasteiger partial charge in [0, 0.05) is 28.4 Å². The van der Waals surface area contributed by atoms with Crippen LogP contribution in [-0.4, -0.2) is 28.0 Å². The largest absolute Gasteiger partial charge is 0.496 e. The summed E-state index contributed by atoms with van der Waals surface area (Å²) in [5, 5.41) is 15.3. The van der Waals surface area contributed by atoms with Gasteiger partial charge in [-0.05, 0) is 44.2 Å². The molecule has 0 bridgehead atoms. The molecule has 0 radical (unpaired) electrons. The van der Waals surface area contributed by atoms with Gasteiger partial charge < -0.3 is 4.74 Å². The molecular weight excluding hydrogens is 412 g/mol. The predicted molar refractivity (Wildman–Crippen MR) is 108 cm³/mol. The van der Waals surface area contributed by atoms with E-state index in [0.717, 1.165) is 38.5 Å². The van der Waals surface area contributed by atoms with E-state index >= 15 is 0 Å². The third-order valence-corrected chi connectivity index (χ3v) is 4.58. The summed E-state index contributed by atoms with van der Waals surface area (Å²) in [5.74, 6) is 0.722. The van der Waals surface area contributed by atoms with Gasteiger partial charge in [-0.15, -0.1) is 0 Å². The second-order valence-electron chi connectivity index (χ2n) is 5.85. The van der Waals surface area contributed by atoms with Gasteiger partial charge in [0.15, 0.2) is 0 Å². The minimum Gasteiger partial charge on any atom is -0.496 e. The number of nitro benzene ring substituents is 1. The summed E-state index contributed by atoms with van der Waals surface area (Å²) in [5.41, 5.74) is 3.97. The Hall–Kier alpha value is -3.00. The van der Waals surface area contributed by atoms with Crippen LogP contribution < -0.4 is 4.74 Å². The fourth-order valence-corrected chi connectivity index (χ4v) is 3.11. The normalized spacial score (nSPS) is 11.1. The Morgan fingerprint density at radius 3 is 2.56 bits per heavy atom. The molecule has 0 aliphatic carbocycles. The van der Waals surface area contributed by atoms with Crippen LogP contribution in [-0.2, 0) is 0 Å². The van der Waals surface area contributed by atoms with Gasteiger partial charge in [-0.2, -0.15) is 5.10 Å². The third kappa shape index (κ3) is 3.90. The predicted octanol–water partition coefficient (Wildman–Crippen LogP) is 4.92. The second kappa shape index (κ2) is 7.71. The maximum atomic E-state index is 10.8. The average Bonchev–Trinajstić information content (AvgIpc) is 2.94. The van der Waals surface area contributed by atoms with Crippen molar-refractivity contribution in [2.45, 2.75) is 13.8 Å². The van der Waals surface area contributed by atoms with Gasteiger partial charge in [0.05, 0.1) is 29.1 Å². The summed E-state index contributed by atoms with van der Waals surface area (Å²) in [7, 11) is 1.61. The van der Waals surface area contributed by atoms with Crippen molar-refractivity contribution in [2.75, 3.05) is 7.11 Å². The summed E-state index contributed by atoms with van der Waals surface area (Å²) in [6, 6.07) is 11.9. The van der Waals surface area contributed by atoms with Crippen molar-refractivity contribution in [1.29, 1.82) is 0 Å². The van der Waals surface area contributed by atoms with Crippen molar-refractivity contribution < 1.29 is 9.66 Å². The van der Waals surface area contributed by atoms with Crippen LogP contribution in [0.2, 0.25) is 0 Å². The van der Waals surface area contributed by atoms with E-state index in [1.165, 1.54) is 12.1 Å². The number of aryl methyl sites for hydroxylation is 1. The molecule has 0 aliphatic rings. The number of hydrogen-bond donors (Lipinski definition) is 0. The van der Waals surface area contributed by atoms with Crippen LogP contribution in [0.3, 0.4) is 0 Å². The number of nitro groups is 1. The first-order valence-corrected chi connectivity index (χ1v) is 8.88. The van der Waals surface area contributed by atoms with Crippen molar-refractivity contribution in [3.8, 4) is 11.4 Å². The maximum absolute atomic E-state index is 10.8. The molecule has 0 fully saturated rings. The maximum Gasteiger partial charge on any atom is 0.269 e. The minimum atomic E-state index is -0.425. The van der Waals surface area contributed by atoms with Gasteiger partial charge in [0.1, 0.15) is 11.4 Å². The van der Waals surface area contributed by atoms with Crippen molar-refractivity contribution in [3.63, 3.8) is 0 Å². The van der Waals surface area contributed by atoms with Crippen molar-refractivity contribution in [1.82, 2.24) is 9.78 Å². The van der Waals surface area contributed by atoms with E-state index in [1.54, 1.807) is 30.1 Å². The lowest BCUT2D eigenvalue weighted by molar-refractivity contribution is -0.384. The van der Waals surface area contributed by atoms with Crippen LogP contribution in [0, 0.1) is 24.0 Å². The number of halogens is 1. The summed E-state index contributed by atoms with van der Waals surface area (Å²) in [4.78, 5) is 15.0. The monoisotopic (exact) mass is 428 g/mol. The fourth-order valence-electron chi connectivity index (χ4n) is 2.73. The summed E-state index contributed by atoms with van der Waals surface area (Å²) >= 11 is 3.45. The number of rotatable bonds is 5. The molecule has 0 N–H and O–H groups in total. The van der Waals surface area contributed by atoms with Crippen LogP contribution in [0.15, 0.2) is 51.9 Å². The highest BCUT2D eigenvalue weighted by atomic mass is 79.9. The number of ether oxygens (including phenoxy) is 1. The molecule has 7 nitrogen and oxygen atoms in total. The van der Waals surface area contributed by atoms with Gasteiger partial charge >= 0.3 is 0 Å². The highest BCUT2D eigenvalue weighted by molar-refractivity contribution is 9.10. The van der Waals surface area contributed by atoms with Crippen molar-refractivity contribution >= 4 is 33.5 Å².